The highest BCUT2D eigenvalue weighted by Gasteiger charge is 1.99. The standard InChI is InChI=1S/C15H28N2O/c1-13(2)7-5-3-4-6-10-17-12-15-9-8-14(11-16)18-15/h8-9,13,17H,3-7,10-12,16H2,1-2H3. The lowest BCUT2D eigenvalue weighted by atomic mass is 10.0. The third kappa shape index (κ3) is 6.82. The fraction of sp³-hybridized carbons (Fsp3) is 0.733. The number of unbranched alkanes of at least 4 members (excludes halogenated alkanes) is 3. The molecule has 0 radical (unpaired) electrons. The second-order valence-electron chi connectivity index (χ2n) is 5.35. The summed E-state index contributed by atoms with van der Waals surface area (Å²) in [5, 5.41) is 3.40. The Hall–Kier alpha value is -0.800. The second kappa shape index (κ2) is 9.17. The molecule has 104 valence electrons. The first-order valence-corrected chi connectivity index (χ1v) is 7.20. The summed E-state index contributed by atoms with van der Waals surface area (Å²) in [6, 6.07) is 3.95. The summed E-state index contributed by atoms with van der Waals surface area (Å²) in [6.45, 7) is 6.95. The molecule has 0 fully saturated rings. The van der Waals surface area contributed by atoms with Gasteiger partial charge in [-0.25, -0.2) is 0 Å². The molecule has 0 aliphatic rings. The molecule has 1 rings (SSSR count). The highest BCUT2D eigenvalue weighted by molar-refractivity contribution is 5.06. The topological polar surface area (TPSA) is 51.2 Å². The van der Waals surface area contributed by atoms with E-state index in [4.69, 9.17) is 10.2 Å². The minimum Gasteiger partial charge on any atom is -0.463 e. The maximum Gasteiger partial charge on any atom is 0.118 e. The van der Waals surface area contributed by atoms with Gasteiger partial charge in [-0.15, -0.1) is 0 Å². The van der Waals surface area contributed by atoms with Gasteiger partial charge in [-0.05, 0) is 31.0 Å². The molecule has 0 aromatic carbocycles. The fourth-order valence-electron chi connectivity index (χ4n) is 1.99. The van der Waals surface area contributed by atoms with Crippen molar-refractivity contribution in [2.45, 2.75) is 59.0 Å². The molecule has 18 heavy (non-hydrogen) atoms. The smallest absolute Gasteiger partial charge is 0.118 e. The average Bonchev–Trinajstić information content (AvgIpc) is 2.80. The quantitative estimate of drug-likeness (QED) is 0.627. The first kappa shape index (κ1) is 15.3. The van der Waals surface area contributed by atoms with Crippen molar-refractivity contribution in [2.24, 2.45) is 11.7 Å². The molecule has 1 heterocycles. The number of nitrogens with two attached hydrogens (primary N) is 1. The highest BCUT2D eigenvalue weighted by Crippen LogP contribution is 2.09. The Morgan fingerprint density at radius 2 is 1.83 bits per heavy atom. The van der Waals surface area contributed by atoms with E-state index in [1.54, 1.807) is 0 Å². The Labute approximate surface area is 111 Å². The van der Waals surface area contributed by atoms with Crippen molar-refractivity contribution in [3.63, 3.8) is 0 Å². The van der Waals surface area contributed by atoms with Crippen molar-refractivity contribution in [2.75, 3.05) is 6.54 Å². The predicted molar refractivity (Wildman–Crippen MR) is 76.2 cm³/mol. The van der Waals surface area contributed by atoms with Gasteiger partial charge >= 0.3 is 0 Å². The van der Waals surface area contributed by atoms with Gasteiger partial charge in [0.25, 0.3) is 0 Å². The summed E-state index contributed by atoms with van der Waals surface area (Å²) in [7, 11) is 0. The van der Waals surface area contributed by atoms with Crippen LogP contribution in [-0.4, -0.2) is 6.54 Å². The molecule has 0 unspecified atom stereocenters. The van der Waals surface area contributed by atoms with E-state index >= 15 is 0 Å². The third-order valence-electron chi connectivity index (χ3n) is 3.10. The van der Waals surface area contributed by atoms with E-state index in [-0.39, 0.29) is 0 Å². The van der Waals surface area contributed by atoms with Crippen LogP contribution in [0.3, 0.4) is 0 Å². The average molecular weight is 252 g/mol. The Morgan fingerprint density at radius 3 is 2.50 bits per heavy atom. The van der Waals surface area contributed by atoms with Gasteiger partial charge in [-0.2, -0.15) is 0 Å². The lowest BCUT2D eigenvalue weighted by Crippen LogP contribution is -2.14. The van der Waals surface area contributed by atoms with Gasteiger partial charge in [0.1, 0.15) is 11.5 Å². The van der Waals surface area contributed by atoms with E-state index in [1.807, 2.05) is 12.1 Å². The van der Waals surface area contributed by atoms with Crippen LogP contribution < -0.4 is 11.1 Å². The molecule has 0 atom stereocenters. The minimum atomic E-state index is 0.482. The Bertz CT molecular complexity index is 307. The van der Waals surface area contributed by atoms with E-state index < -0.39 is 0 Å². The van der Waals surface area contributed by atoms with Crippen molar-refractivity contribution >= 4 is 0 Å². The monoisotopic (exact) mass is 252 g/mol. The van der Waals surface area contributed by atoms with Gasteiger partial charge in [-0.3, -0.25) is 0 Å². The van der Waals surface area contributed by atoms with Crippen molar-refractivity contribution < 1.29 is 4.42 Å². The fourth-order valence-corrected chi connectivity index (χ4v) is 1.99. The molecule has 0 amide bonds. The zero-order chi connectivity index (χ0) is 13.2. The summed E-state index contributed by atoms with van der Waals surface area (Å²) < 4.78 is 5.52. The van der Waals surface area contributed by atoms with Crippen LogP contribution in [0.25, 0.3) is 0 Å². The van der Waals surface area contributed by atoms with Crippen LogP contribution in [-0.2, 0) is 13.1 Å². The molecule has 0 saturated carbocycles. The summed E-state index contributed by atoms with van der Waals surface area (Å²) in [5.41, 5.74) is 5.49. The van der Waals surface area contributed by atoms with E-state index in [0.29, 0.717) is 6.54 Å². The summed E-state index contributed by atoms with van der Waals surface area (Å²) >= 11 is 0. The zero-order valence-electron chi connectivity index (χ0n) is 11.9. The minimum absolute atomic E-state index is 0.482. The number of furan rings is 1. The molecule has 1 aromatic rings. The van der Waals surface area contributed by atoms with Crippen LogP contribution in [0.4, 0.5) is 0 Å². The highest BCUT2D eigenvalue weighted by atomic mass is 16.3. The molecular weight excluding hydrogens is 224 g/mol. The molecule has 0 bridgehead atoms. The zero-order valence-corrected chi connectivity index (χ0v) is 11.9. The summed E-state index contributed by atoms with van der Waals surface area (Å²) in [4.78, 5) is 0. The third-order valence-corrected chi connectivity index (χ3v) is 3.10. The lowest BCUT2D eigenvalue weighted by molar-refractivity contribution is 0.444. The number of nitrogens with one attached hydrogen (secondary N) is 1. The van der Waals surface area contributed by atoms with Gasteiger partial charge in [0.05, 0.1) is 13.1 Å². The van der Waals surface area contributed by atoms with Gasteiger partial charge in [0.15, 0.2) is 0 Å². The van der Waals surface area contributed by atoms with Crippen molar-refractivity contribution in [1.29, 1.82) is 0 Å². The van der Waals surface area contributed by atoms with E-state index in [0.717, 1.165) is 30.5 Å². The van der Waals surface area contributed by atoms with E-state index in [1.165, 1.54) is 32.1 Å². The maximum atomic E-state index is 5.52. The second-order valence-corrected chi connectivity index (χ2v) is 5.35. The Kier molecular flexibility index (Phi) is 7.78. The Balaban J connectivity index is 1.92. The molecule has 0 aliphatic heterocycles. The van der Waals surface area contributed by atoms with Gasteiger partial charge in [0, 0.05) is 0 Å². The maximum absolute atomic E-state index is 5.52. The first-order valence-electron chi connectivity index (χ1n) is 7.20. The lowest BCUT2D eigenvalue weighted by Gasteiger charge is -2.05. The largest absolute Gasteiger partial charge is 0.463 e. The van der Waals surface area contributed by atoms with Crippen LogP contribution >= 0.6 is 0 Å². The molecular formula is C15H28N2O. The van der Waals surface area contributed by atoms with Gasteiger partial charge in [0.2, 0.25) is 0 Å². The summed E-state index contributed by atoms with van der Waals surface area (Å²) in [5.74, 6) is 2.69. The molecule has 3 nitrogen and oxygen atoms in total. The summed E-state index contributed by atoms with van der Waals surface area (Å²) in [6.07, 6.45) is 6.67. The van der Waals surface area contributed by atoms with Crippen molar-refractivity contribution in [1.82, 2.24) is 5.32 Å². The van der Waals surface area contributed by atoms with Crippen LogP contribution in [0.2, 0.25) is 0 Å². The van der Waals surface area contributed by atoms with E-state index in [9.17, 15) is 0 Å². The van der Waals surface area contributed by atoms with Gasteiger partial charge in [-0.1, -0.05) is 39.5 Å². The molecule has 0 saturated heterocycles. The van der Waals surface area contributed by atoms with Crippen LogP contribution in [0.1, 0.15) is 57.5 Å². The Morgan fingerprint density at radius 1 is 1.11 bits per heavy atom. The number of hydrogen-bond donors (Lipinski definition) is 2. The van der Waals surface area contributed by atoms with Crippen molar-refractivity contribution in [3.8, 4) is 0 Å². The molecule has 3 N–H and O–H groups in total. The number of hydrogen-bond acceptors (Lipinski definition) is 3. The molecule has 1 aromatic heterocycles. The molecule has 3 heteroatoms. The molecule has 0 spiro atoms. The van der Waals surface area contributed by atoms with E-state index in [2.05, 4.69) is 19.2 Å². The van der Waals surface area contributed by atoms with Gasteiger partial charge < -0.3 is 15.5 Å². The normalized spacial score (nSPS) is 11.3. The number of rotatable bonds is 10. The predicted octanol–water partition coefficient (Wildman–Crippen LogP) is 3.43. The molecule has 0 aliphatic carbocycles. The van der Waals surface area contributed by atoms with Crippen LogP contribution in [0.15, 0.2) is 16.5 Å². The van der Waals surface area contributed by atoms with Crippen molar-refractivity contribution in [3.05, 3.63) is 23.7 Å². The van der Waals surface area contributed by atoms with Crippen LogP contribution in [0.5, 0.6) is 0 Å². The first-order chi connectivity index (χ1) is 8.72. The SMILES string of the molecule is CC(C)CCCCCCNCc1ccc(CN)o1. The van der Waals surface area contributed by atoms with Crippen LogP contribution in [0, 0.1) is 5.92 Å².